The van der Waals surface area contributed by atoms with Crippen LogP contribution in [0, 0.1) is 6.92 Å². The van der Waals surface area contributed by atoms with E-state index >= 15 is 0 Å². The minimum Gasteiger partial charge on any atom is -0.344 e. The molecule has 102 valence electrons. The van der Waals surface area contributed by atoms with Gasteiger partial charge in [0.15, 0.2) is 0 Å². The third-order valence-electron chi connectivity index (χ3n) is 2.47. The summed E-state index contributed by atoms with van der Waals surface area (Å²) in [6.45, 7) is 19.9. The fourth-order valence-corrected chi connectivity index (χ4v) is 1.65. The molecule has 0 atom stereocenters. The van der Waals surface area contributed by atoms with E-state index < -0.39 is 0 Å². The van der Waals surface area contributed by atoms with Crippen LogP contribution in [0.25, 0.3) is 18.7 Å². The van der Waals surface area contributed by atoms with Crippen LogP contribution >= 0.6 is 0 Å². The van der Waals surface area contributed by atoms with Crippen LogP contribution in [0.3, 0.4) is 0 Å². The van der Waals surface area contributed by atoms with Crippen molar-refractivity contribution in [3.63, 3.8) is 0 Å². The molecule has 1 heteroatoms. The molecule has 0 saturated heterocycles. The molecule has 0 fully saturated rings. The van der Waals surface area contributed by atoms with Gasteiger partial charge in [0.1, 0.15) is 0 Å². The number of rotatable bonds is 2. The van der Waals surface area contributed by atoms with Crippen LogP contribution in [-0.4, -0.2) is 4.57 Å². The average molecular weight is 247 g/mol. The van der Waals surface area contributed by atoms with Crippen LogP contribution in [0.2, 0.25) is 0 Å². The van der Waals surface area contributed by atoms with Crippen molar-refractivity contribution in [3.8, 4) is 0 Å². The van der Waals surface area contributed by atoms with E-state index in [-0.39, 0.29) is 0 Å². The molecule has 1 rings (SSSR count). The largest absolute Gasteiger partial charge is 0.344 e. The highest BCUT2D eigenvalue weighted by Gasteiger charge is 2.03. The fourth-order valence-electron chi connectivity index (χ4n) is 1.65. The van der Waals surface area contributed by atoms with Gasteiger partial charge in [-0.15, -0.1) is 0 Å². The molecule has 0 spiro atoms. The molecule has 0 aliphatic heterocycles. The SMILES string of the molecule is C=C/C=c1\c(=C)c(C)c(/C=C\C)n1C.CC.CC. The fraction of sp³-hybridized carbons (Fsp3) is 0.412. The van der Waals surface area contributed by atoms with E-state index in [0.717, 1.165) is 10.6 Å². The van der Waals surface area contributed by atoms with E-state index in [2.05, 4.69) is 30.7 Å². The van der Waals surface area contributed by atoms with Gasteiger partial charge >= 0.3 is 0 Å². The quantitative estimate of drug-likeness (QED) is 0.749. The summed E-state index contributed by atoms with van der Waals surface area (Å²) in [5.41, 5.74) is 2.45. The highest BCUT2D eigenvalue weighted by Crippen LogP contribution is 2.02. The molecule has 0 aliphatic rings. The zero-order valence-electron chi connectivity index (χ0n) is 13.2. The molecule has 1 nitrogen and oxygen atoms in total. The van der Waals surface area contributed by atoms with Crippen molar-refractivity contribution in [2.75, 3.05) is 0 Å². The molecule has 1 aromatic rings. The third-order valence-corrected chi connectivity index (χ3v) is 2.47. The van der Waals surface area contributed by atoms with Gasteiger partial charge in [-0.2, -0.15) is 0 Å². The van der Waals surface area contributed by atoms with Crippen LogP contribution in [0.5, 0.6) is 0 Å². The average Bonchev–Trinajstić information content (AvgIpc) is 2.62. The number of aromatic nitrogens is 1. The maximum absolute atomic E-state index is 4.07. The van der Waals surface area contributed by atoms with Crippen molar-refractivity contribution in [1.29, 1.82) is 0 Å². The van der Waals surface area contributed by atoms with Crippen molar-refractivity contribution < 1.29 is 0 Å². The van der Waals surface area contributed by atoms with Crippen LogP contribution < -0.4 is 10.6 Å². The Balaban J connectivity index is 0. The van der Waals surface area contributed by atoms with E-state index in [4.69, 9.17) is 0 Å². The summed E-state index contributed by atoms with van der Waals surface area (Å²) in [5.74, 6) is 0. The molecule has 0 radical (unpaired) electrons. The lowest BCUT2D eigenvalue weighted by atomic mass is 10.2. The third kappa shape index (κ3) is 4.40. The first kappa shape index (κ1) is 18.9. The minimum absolute atomic E-state index is 1.08. The highest BCUT2D eigenvalue weighted by atomic mass is 14.9. The molecule has 0 aliphatic carbocycles. The molecular formula is C17H29N. The lowest BCUT2D eigenvalue weighted by Crippen LogP contribution is -2.26. The van der Waals surface area contributed by atoms with E-state index in [1.165, 1.54) is 11.3 Å². The highest BCUT2D eigenvalue weighted by molar-refractivity contribution is 5.52. The lowest BCUT2D eigenvalue weighted by molar-refractivity contribution is 0.875. The molecule has 0 amide bonds. The number of allylic oxidation sites excluding steroid dienone is 2. The number of nitrogens with zero attached hydrogens (tertiary/aromatic N) is 1. The smallest absolute Gasteiger partial charge is 0.0479 e. The molecule has 0 bridgehead atoms. The first-order valence-corrected chi connectivity index (χ1v) is 6.73. The van der Waals surface area contributed by atoms with E-state index in [0.29, 0.717) is 0 Å². The number of hydrogen-bond acceptors (Lipinski definition) is 0. The molecular weight excluding hydrogens is 218 g/mol. The van der Waals surface area contributed by atoms with Gasteiger partial charge < -0.3 is 4.57 Å². The molecule has 0 N–H and O–H groups in total. The van der Waals surface area contributed by atoms with Gasteiger partial charge in [-0.3, -0.25) is 0 Å². The minimum atomic E-state index is 1.08. The Bertz CT molecular complexity index is 473. The molecule has 1 aromatic heterocycles. The van der Waals surface area contributed by atoms with Gasteiger partial charge in [-0.25, -0.2) is 0 Å². The van der Waals surface area contributed by atoms with Gasteiger partial charge in [-0.1, -0.05) is 53.0 Å². The van der Waals surface area contributed by atoms with E-state index in [1.807, 2.05) is 53.8 Å². The molecule has 18 heavy (non-hydrogen) atoms. The van der Waals surface area contributed by atoms with Crippen molar-refractivity contribution in [2.45, 2.75) is 41.5 Å². The maximum Gasteiger partial charge on any atom is 0.0479 e. The normalized spacial score (nSPS) is 10.5. The first-order valence-electron chi connectivity index (χ1n) is 6.73. The standard InChI is InChI=1S/C13H17N.2C2H6/c1-6-8-12-10(3)11(4)13(9-7-2)14(12)5;2*1-2/h6-9H,1,3H2,2,4-5H3;2*1-2H3/b9-7-,12-8+;;. The molecule has 0 aromatic carbocycles. The zero-order chi connectivity index (χ0) is 14.7. The second-order valence-corrected chi connectivity index (χ2v) is 3.34. The summed E-state index contributed by atoms with van der Waals surface area (Å²) < 4.78 is 2.14. The van der Waals surface area contributed by atoms with Crippen LogP contribution in [-0.2, 0) is 7.05 Å². The Labute approximate surface area is 113 Å². The Morgan fingerprint density at radius 2 is 1.61 bits per heavy atom. The van der Waals surface area contributed by atoms with E-state index in [9.17, 15) is 0 Å². The van der Waals surface area contributed by atoms with Crippen LogP contribution in [0.4, 0.5) is 0 Å². The predicted molar refractivity (Wildman–Crippen MR) is 87.0 cm³/mol. The zero-order valence-corrected chi connectivity index (χ0v) is 13.2. The van der Waals surface area contributed by atoms with Gasteiger partial charge in [0, 0.05) is 18.1 Å². The van der Waals surface area contributed by atoms with Gasteiger partial charge in [0.05, 0.1) is 0 Å². The summed E-state index contributed by atoms with van der Waals surface area (Å²) in [5, 5.41) is 2.21. The van der Waals surface area contributed by atoms with Crippen molar-refractivity contribution in [2.24, 2.45) is 7.05 Å². The van der Waals surface area contributed by atoms with Crippen molar-refractivity contribution in [1.82, 2.24) is 4.57 Å². The second-order valence-electron chi connectivity index (χ2n) is 3.34. The molecule has 0 saturated carbocycles. The Morgan fingerprint density at radius 1 is 1.11 bits per heavy atom. The second kappa shape index (κ2) is 10.6. The summed E-state index contributed by atoms with van der Waals surface area (Å²) in [6.07, 6.45) is 7.93. The maximum atomic E-state index is 4.07. The van der Waals surface area contributed by atoms with Gasteiger partial charge in [0.25, 0.3) is 0 Å². The lowest BCUT2D eigenvalue weighted by Gasteiger charge is -1.97. The van der Waals surface area contributed by atoms with Crippen molar-refractivity contribution in [3.05, 3.63) is 40.6 Å². The van der Waals surface area contributed by atoms with Gasteiger partial charge in [0.2, 0.25) is 0 Å². The monoisotopic (exact) mass is 247 g/mol. The van der Waals surface area contributed by atoms with Crippen LogP contribution in [0.1, 0.15) is 45.9 Å². The summed E-state index contributed by atoms with van der Waals surface area (Å²) in [6, 6.07) is 0. The first-order chi connectivity index (χ1) is 8.63. The van der Waals surface area contributed by atoms with E-state index in [1.54, 1.807) is 6.08 Å². The Morgan fingerprint density at radius 3 is 2.00 bits per heavy atom. The van der Waals surface area contributed by atoms with Crippen molar-refractivity contribution >= 4 is 18.7 Å². The van der Waals surface area contributed by atoms with Gasteiger partial charge in [-0.05, 0) is 36.8 Å². The van der Waals surface area contributed by atoms with Crippen LogP contribution in [0.15, 0.2) is 18.7 Å². The Kier molecular flexibility index (Phi) is 11.1. The Hall–Kier alpha value is -1.50. The number of hydrogen-bond donors (Lipinski definition) is 0. The topological polar surface area (TPSA) is 4.93 Å². The predicted octanol–water partition coefficient (Wildman–Crippen LogP) is 3.80. The summed E-state index contributed by atoms with van der Waals surface area (Å²) >= 11 is 0. The summed E-state index contributed by atoms with van der Waals surface area (Å²) in [4.78, 5) is 0. The summed E-state index contributed by atoms with van der Waals surface area (Å²) in [7, 11) is 2.05. The molecule has 0 unspecified atom stereocenters. The molecule has 1 heterocycles.